The predicted octanol–water partition coefficient (Wildman–Crippen LogP) is 4.18. The summed E-state index contributed by atoms with van der Waals surface area (Å²) in [5, 5.41) is 14.7. The summed E-state index contributed by atoms with van der Waals surface area (Å²) in [7, 11) is 0. The Morgan fingerprint density at radius 1 is 0.917 bits per heavy atom. The fourth-order valence-electron chi connectivity index (χ4n) is 4.68. The molecule has 0 radical (unpaired) electrons. The van der Waals surface area contributed by atoms with Crippen molar-refractivity contribution in [2.24, 2.45) is 5.92 Å². The van der Waals surface area contributed by atoms with Crippen molar-refractivity contribution in [3.8, 4) is 11.1 Å². The van der Waals surface area contributed by atoms with E-state index in [1.165, 1.54) is 29.5 Å². The second kappa shape index (κ2) is 6.70. The molecule has 2 nitrogen and oxygen atoms in total. The number of benzene rings is 2. The first kappa shape index (κ1) is 15.9. The van der Waals surface area contributed by atoms with Crippen LogP contribution in [0.3, 0.4) is 0 Å². The van der Waals surface area contributed by atoms with Gasteiger partial charge in [-0.25, -0.2) is 0 Å². The molecule has 0 amide bonds. The molecule has 4 rings (SSSR count). The van der Waals surface area contributed by atoms with E-state index in [1.807, 2.05) is 0 Å². The van der Waals surface area contributed by atoms with Crippen LogP contribution in [0, 0.1) is 5.92 Å². The first-order chi connectivity index (χ1) is 11.7. The zero-order valence-electron chi connectivity index (χ0n) is 14.2. The number of aliphatic hydroxyl groups is 1. The van der Waals surface area contributed by atoms with Gasteiger partial charge in [0, 0.05) is 12.0 Å². The van der Waals surface area contributed by atoms with Crippen LogP contribution in [-0.2, 0) is 6.42 Å². The van der Waals surface area contributed by atoms with Crippen molar-refractivity contribution in [1.29, 1.82) is 0 Å². The largest absolute Gasteiger partial charge is 0.389 e. The summed E-state index contributed by atoms with van der Waals surface area (Å²) in [6.07, 6.45) is 6.53. The SMILES string of the molecule is OC12CCCCC1C(Cc1ccc(-c3ccccc3)cc1)NCC2. The van der Waals surface area contributed by atoms with Crippen LogP contribution in [0.25, 0.3) is 11.1 Å². The van der Waals surface area contributed by atoms with Crippen molar-refractivity contribution < 1.29 is 5.11 Å². The average Bonchev–Trinajstić information content (AvgIpc) is 2.63. The van der Waals surface area contributed by atoms with E-state index >= 15 is 0 Å². The normalized spacial score (nSPS) is 29.9. The molecule has 24 heavy (non-hydrogen) atoms. The lowest BCUT2D eigenvalue weighted by molar-refractivity contribution is -0.0850. The average molecular weight is 321 g/mol. The Kier molecular flexibility index (Phi) is 4.43. The minimum absolute atomic E-state index is 0.409. The molecule has 2 fully saturated rings. The summed E-state index contributed by atoms with van der Waals surface area (Å²) in [6, 6.07) is 19.9. The number of rotatable bonds is 3. The maximum Gasteiger partial charge on any atom is 0.0702 e. The van der Waals surface area contributed by atoms with Crippen molar-refractivity contribution in [1.82, 2.24) is 5.32 Å². The zero-order valence-corrected chi connectivity index (χ0v) is 14.2. The summed E-state index contributed by atoms with van der Waals surface area (Å²) >= 11 is 0. The van der Waals surface area contributed by atoms with Crippen LogP contribution < -0.4 is 5.32 Å². The van der Waals surface area contributed by atoms with Crippen LogP contribution in [0.2, 0.25) is 0 Å². The molecule has 1 saturated heterocycles. The first-order valence-corrected chi connectivity index (χ1v) is 9.35. The Labute approximate surface area is 144 Å². The van der Waals surface area contributed by atoms with E-state index in [1.54, 1.807) is 0 Å². The Morgan fingerprint density at radius 3 is 2.46 bits per heavy atom. The van der Waals surface area contributed by atoms with Crippen molar-refractivity contribution in [2.75, 3.05) is 6.54 Å². The van der Waals surface area contributed by atoms with Gasteiger partial charge in [-0.2, -0.15) is 0 Å². The van der Waals surface area contributed by atoms with Crippen molar-refractivity contribution in [3.05, 3.63) is 60.2 Å². The van der Waals surface area contributed by atoms with Crippen molar-refractivity contribution in [2.45, 2.75) is 50.2 Å². The molecular formula is C22H27NO. The molecule has 0 bridgehead atoms. The van der Waals surface area contributed by atoms with Crippen LogP contribution in [0.1, 0.15) is 37.7 Å². The van der Waals surface area contributed by atoms with E-state index in [0.717, 1.165) is 32.2 Å². The molecule has 2 aliphatic rings. The van der Waals surface area contributed by atoms with Gasteiger partial charge in [0.15, 0.2) is 0 Å². The highest BCUT2D eigenvalue weighted by atomic mass is 16.3. The van der Waals surface area contributed by atoms with E-state index in [4.69, 9.17) is 0 Å². The maximum absolute atomic E-state index is 11.0. The van der Waals surface area contributed by atoms with Crippen LogP contribution >= 0.6 is 0 Å². The molecule has 3 atom stereocenters. The summed E-state index contributed by atoms with van der Waals surface area (Å²) in [6.45, 7) is 0.944. The van der Waals surface area contributed by atoms with Crippen LogP contribution in [0.5, 0.6) is 0 Å². The molecule has 1 heterocycles. The molecule has 2 N–H and O–H groups in total. The van der Waals surface area contributed by atoms with E-state index in [2.05, 4.69) is 59.9 Å². The maximum atomic E-state index is 11.0. The Morgan fingerprint density at radius 2 is 1.67 bits per heavy atom. The molecule has 126 valence electrons. The van der Waals surface area contributed by atoms with Gasteiger partial charge in [0.2, 0.25) is 0 Å². The standard InChI is InChI=1S/C22H27NO/c24-22-13-5-4-8-20(22)21(23-15-14-22)16-17-9-11-19(12-10-17)18-6-2-1-3-7-18/h1-3,6-7,9-12,20-21,23-24H,4-5,8,13-16H2. The smallest absolute Gasteiger partial charge is 0.0702 e. The van der Waals surface area contributed by atoms with Crippen LogP contribution in [0.15, 0.2) is 54.6 Å². The predicted molar refractivity (Wildman–Crippen MR) is 98.9 cm³/mol. The highest BCUT2D eigenvalue weighted by Gasteiger charge is 2.45. The molecule has 3 unspecified atom stereocenters. The zero-order chi connectivity index (χ0) is 16.4. The first-order valence-electron chi connectivity index (χ1n) is 9.35. The van der Waals surface area contributed by atoms with E-state index < -0.39 is 5.60 Å². The van der Waals surface area contributed by atoms with Gasteiger partial charge in [0.05, 0.1) is 5.60 Å². The Bertz CT molecular complexity index is 662. The number of fused-ring (bicyclic) bond motifs is 1. The number of hydrogen-bond acceptors (Lipinski definition) is 2. The van der Waals surface area contributed by atoms with Gasteiger partial charge in [0.1, 0.15) is 0 Å². The summed E-state index contributed by atoms with van der Waals surface area (Å²) in [5.74, 6) is 0.411. The van der Waals surface area contributed by atoms with Gasteiger partial charge in [-0.15, -0.1) is 0 Å². The second-order valence-electron chi connectivity index (χ2n) is 7.53. The molecule has 1 aliphatic carbocycles. The highest BCUT2D eigenvalue weighted by molar-refractivity contribution is 5.63. The fraction of sp³-hybridized carbons (Fsp3) is 0.455. The molecular weight excluding hydrogens is 294 g/mol. The van der Waals surface area contributed by atoms with Gasteiger partial charge in [0.25, 0.3) is 0 Å². The van der Waals surface area contributed by atoms with Crippen LogP contribution in [-0.4, -0.2) is 23.3 Å². The third kappa shape index (κ3) is 3.13. The van der Waals surface area contributed by atoms with Gasteiger partial charge >= 0.3 is 0 Å². The number of hydrogen-bond donors (Lipinski definition) is 2. The molecule has 2 heteroatoms. The molecule has 2 aromatic carbocycles. The van der Waals surface area contributed by atoms with Gasteiger partial charge in [-0.1, -0.05) is 67.4 Å². The Hall–Kier alpha value is -1.64. The van der Waals surface area contributed by atoms with Crippen molar-refractivity contribution >= 4 is 0 Å². The lowest BCUT2D eigenvalue weighted by atomic mass is 9.67. The summed E-state index contributed by atoms with van der Waals surface area (Å²) in [4.78, 5) is 0. The Balaban J connectivity index is 1.49. The van der Waals surface area contributed by atoms with Gasteiger partial charge < -0.3 is 10.4 Å². The quantitative estimate of drug-likeness (QED) is 0.889. The molecule has 0 aromatic heterocycles. The fourth-order valence-corrected chi connectivity index (χ4v) is 4.68. The van der Waals surface area contributed by atoms with Crippen LogP contribution in [0.4, 0.5) is 0 Å². The summed E-state index contributed by atoms with van der Waals surface area (Å²) in [5.41, 5.74) is 3.48. The summed E-state index contributed by atoms with van der Waals surface area (Å²) < 4.78 is 0. The second-order valence-corrected chi connectivity index (χ2v) is 7.53. The van der Waals surface area contributed by atoms with E-state index in [9.17, 15) is 5.11 Å². The topological polar surface area (TPSA) is 32.3 Å². The lowest BCUT2D eigenvalue weighted by Crippen LogP contribution is -2.58. The number of piperidine rings is 1. The molecule has 1 saturated carbocycles. The monoisotopic (exact) mass is 321 g/mol. The molecule has 0 spiro atoms. The van der Waals surface area contributed by atoms with E-state index in [-0.39, 0.29) is 0 Å². The highest BCUT2D eigenvalue weighted by Crippen LogP contribution is 2.41. The van der Waals surface area contributed by atoms with Gasteiger partial charge in [-0.05, 0) is 48.9 Å². The minimum Gasteiger partial charge on any atom is -0.389 e. The van der Waals surface area contributed by atoms with Gasteiger partial charge in [-0.3, -0.25) is 0 Å². The van der Waals surface area contributed by atoms with E-state index in [0.29, 0.717) is 12.0 Å². The third-order valence-electron chi connectivity index (χ3n) is 6.03. The molecule has 1 aliphatic heterocycles. The number of nitrogens with one attached hydrogen (secondary N) is 1. The third-order valence-corrected chi connectivity index (χ3v) is 6.03. The lowest BCUT2D eigenvalue weighted by Gasteiger charge is -2.48. The minimum atomic E-state index is -0.419. The molecule has 2 aromatic rings. The van der Waals surface area contributed by atoms with Crippen molar-refractivity contribution in [3.63, 3.8) is 0 Å².